The van der Waals surface area contributed by atoms with Crippen molar-refractivity contribution in [2.45, 2.75) is 6.92 Å². The van der Waals surface area contributed by atoms with Gasteiger partial charge in [-0.3, -0.25) is 0 Å². The van der Waals surface area contributed by atoms with Crippen molar-refractivity contribution >= 4 is 23.0 Å². The van der Waals surface area contributed by atoms with Crippen LogP contribution in [0.15, 0.2) is 22.7 Å². The summed E-state index contributed by atoms with van der Waals surface area (Å²) in [5.41, 5.74) is 0.745. The summed E-state index contributed by atoms with van der Waals surface area (Å²) in [6, 6.07) is 3.86. The number of nitrogens with zero attached hydrogens (tertiary/aromatic N) is 1. The van der Waals surface area contributed by atoms with Gasteiger partial charge in [0.15, 0.2) is 0 Å². The minimum atomic E-state index is -0.265. The Balaban J connectivity index is 2.32. The van der Waals surface area contributed by atoms with Gasteiger partial charge in [0.1, 0.15) is 11.6 Å². The Labute approximate surface area is 73.7 Å². The predicted octanol–water partition coefficient (Wildman–Crippen LogP) is 1.65. The van der Waals surface area contributed by atoms with E-state index < -0.39 is 0 Å². The molecule has 0 bridgehead atoms. The van der Waals surface area contributed by atoms with Crippen molar-refractivity contribution in [2.24, 2.45) is 11.1 Å². The second kappa shape index (κ2) is 2.71. The SMILES string of the molecule is CC1C(=O)ON=C1c1cccs1. The van der Waals surface area contributed by atoms with E-state index in [2.05, 4.69) is 9.99 Å². The second-order valence-electron chi connectivity index (χ2n) is 2.59. The highest BCUT2D eigenvalue weighted by Crippen LogP contribution is 2.21. The number of hydrogen-bond acceptors (Lipinski definition) is 4. The van der Waals surface area contributed by atoms with Crippen LogP contribution >= 0.6 is 11.3 Å². The molecular formula is C8H7NO2S. The normalized spacial score (nSPS) is 22.2. The van der Waals surface area contributed by atoms with E-state index in [9.17, 15) is 4.79 Å². The van der Waals surface area contributed by atoms with Crippen molar-refractivity contribution in [3.63, 3.8) is 0 Å². The molecule has 4 heteroatoms. The molecule has 2 rings (SSSR count). The zero-order valence-electron chi connectivity index (χ0n) is 6.48. The quantitative estimate of drug-likeness (QED) is 0.618. The summed E-state index contributed by atoms with van der Waals surface area (Å²) in [4.78, 5) is 16.5. The van der Waals surface area contributed by atoms with Crippen LogP contribution in [0.5, 0.6) is 0 Å². The fraction of sp³-hybridized carbons (Fsp3) is 0.250. The Morgan fingerprint density at radius 2 is 2.50 bits per heavy atom. The molecule has 2 heterocycles. The molecule has 0 aromatic carbocycles. The van der Waals surface area contributed by atoms with Gasteiger partial charge < -0.3 is 4.84 Å². The van der Waals surface area contributed by atoms with Gasteiger partial charge in [0.2, 0.25) is 0 Å². The molecule has 0 radical (unpaired) electrons. The van der Waals surface area contributed by atoms with Gasteiger partial charge in [-0.1, -0.05) is 11.2 Å². The lowest BCUT2D eigenvalue weighted by atomic mass is 10.1. The first-order valence-corrected chi connectivity index (χ1v) is 4.49. The molecule has 0 fully saturated rings. The summed E-state index contributed by atoms with van der Waals surface area (Å²) in [5, 5.41) is 5.67. The average molecular weight is 181 g/mol. The number of thiophene rings is 1. The highest BCUT2D eigenvalue weighted by molar-refractivity contribution is 7.12. The topological polar surface area (TPSA) is 38.7 Å². The molecule has 0 spiro atoms. The van der Waals surface area contributed by atoms with E-state index in [1.165, 1.54) is 0 Å². The lowest BCUT2D eigenvalue weighted by Crippen LogP contribution is -2.13. The van der Waals surface area contributed by atoms with Crippen molar-refractivity contribution in [1.29, 1.82) is 0 Å². The zero-order valence-corrected chi connectivity index (χ0v) is 7.30. The molecule has 62 valence electrons. The number of oxime groups is 1. The first-order valence-electron chi connectivity index (χ1n) is 3.61. The molecule has 0 saturated heterocycles. The minimum absolute atomic E-state index is 0.219. The first kappa shape index (κ1) is 7.49. The van der Waals surface area contributed by atoms with Crippen molar-refractivity contribution in [3.05, 3.63) is 22.4 Å². The second-order valence-corrected chi connectivity index (χ2v) is 3.53. The van der Waals surface area contributed by atoms with E-state index in [0.717, 1.165) is 10.6 Å². The highest BCUT2D eigenvalue weighted by Gasteiger charge is 2.29. The van der Waals surface area contributed by atoms with Crippen molar-refractivity contribution < 1.29 is 9.63 Å². The van der Waals surface area contributed by atoms with E-state index in [4.69, 9.17) is 0 Å². The van der Waals surface area contributed by atoms with Gasteiger partial charge in [-0.25, -0.2) is 4.79 Å². The van der Waals surface area contributed by atoms with Crippen LogP contribution in [0.4, 0.5) is 0 Å². The standard InChI is InChI=1S/C8H7NO2S/c1-5-7(9-11-8(5)10)6-3-2-4-12-6/h2-5H,1H3. The lowest BCUT2D eigenvalue weighted by Gasteiger charge is -1.96. The Hall–Kier alpha value is -1.16. The predicted molar refractivity (Wildman–Crippen MR) is 46.1 cm³/mol. The van der Waals surface area contributed by atoms with Crippen LogP contribution in [0.2, 0.25) is 0 Å². The van der Waals surface area contributed by atoms with Crippen molar-refractivity contribution in [2.75, 3.05) is 0 Å². The highest BCUT2D eigenvalue weighted by atomic mass is 32.1. The minimum Gasteiger partial charge on any atom is -0.317 e. The molecule has 1 aromatic rings. The number of rotatable bonds is 1. The molecule has 0 saturated carbocycles. The van der Waals surface area contributed by atoms with Crippen LogP contribution in [0.1, 0.15) is 11.8 Å². The van der Waals surface area contributed by atoms with Crippen LogP contribution in [0, 0.1) is 5.92 Å². The molecule has 0 aliphatic carbocycles. The Kier molecular flexibility index (Phi) is 1.69. The van der Waals surface area contributed by atoms with E-state index in [-0.39, 0.29) is 11.9 Å². The fourth-order valence-corrected chi connectivity index (χ4v) is 1.84. The van der Waals surface area contributed by atoms with Crippen molar-refractivity contribution in [1.82, 2.24) is 0 Å². The summed E-state index contributed by atoms with van der Waals surface area (Å²) >= 11 is 1.56. The summed E-state index contributed by atoms with van der Waals surface area (Å²) in [6.45, 7) is 1.80. The first-order chi connectivity index (χ1) is 5.79. The third-order valence-electron chi connectivity index (χ3n) is 1.77. The average Bonchev–Trinajstić information content (AvgIpc) is 2.64. The molecule has 1 aromatic heterocycles. The zero-order chi connectivity index (χ0) is 8.55. The lowest BCUT2D eigenvalue weighted by molar-refractivity contribution is -0.142. The van der Waals surface area contributed by atoms with E-state index >= 15 is 0 Å². The summed E-state index contributed by atoms with van der Waals surface area (Å²) < 4.78 is 0. The van der Waals surface area contributed by atoms with Crippen LogP contribution < -0.4 is 0 Å². The molecule has 12 heavy (non-hydrogen) atoms. The van der Waals surface area contributed by atoms with Crippen molar-refractivity contribution in [3.8, 4) is 0 Å². The number of carbonyl (C=O) groups is 1. The summed E-state index contributed by atoms with van der Waals surface area (Å²) in [5.74, 6) is -0.484. The molecule has 1 aliphatic rings. The number of carbonyl (C=O) groups excluding carboxylic acids is 1. The van der Waals surface area contributed by atoms with Gasteiger partial charge in [0.25, 0.3) is 0 Å². The van der Waals surface area contributed by atoms with Gasteiger partial charge in [-0.05, 0) is 18.4 Å². The maximum atomic E-state index is 10.9. The van der Waals surface area contributed by atoms with Crippen LogP contribution in [-0.4, -0.2) is 11.7 Å². The maximum absolute atomic E-state index is 10.9. The third kappa shape index (κ3) is 1.04. The molecule has 3 nitrogen and oxygen atoms in total. The van der Waals surface area contributed by atoms with Gasteiger partial charge in [-0.15, -0.1) is 11.3 Å². The Morgan fingerprint density at radius 3 is 3.00 bits per heavy atom. The molecule has 1 unspecified atom stereocenters. The largest absolute Gasteiger partial charge is 0.343 e. The Morgan fingerprint density at radius 1 is 1.67 bits per heavy atom. The van der Waals surface area contributed by atoms with Crippen LogP contribution in [-0.2, 0) is 9.63 Å². The van der Waals surface area contributed by atoms with E-state index in [1.807, 2.05) is 17.5 Å². The monoisotopic (exact) mass is 181 g/mol. The molecule has 0 amide bonds. The number of hydrogen-bond donors (Lipinski definition) is 0. The molecule has 0 N–H and O–H groups in total. The van der Waals surface area contributed by atoms with Gasteiger partial charge in [0.05, 0.1) is 4.88 Å². The van der Waals surface area contributed by atoms with Crippen LogP contribution in [0.25, 0.3) is 0 Å². The van der Waals surface area contributed by atoms with Gasteiger partial charge in [0, 0.05) is 0 Å². The molecular weight excluding hydrogens is 174 g/mol. The van der Waals surface area contributed by atoms with Gasteiger partial charge in [-0.2, -0.15) is 0 Å². The van der Waals surface area contributed by atoms with Gasteiger partial charge >= 0.3 is 5.97 Å². The maximum Gasteiger partial charge on any atom is 0.343 e. The smallest absolute Gasteiger partial charge is 0.317 e. The third-order valence-corrected chi connectivity index (χ3v) is 2.66. The van der Waals surface area contributed by atoms with E-state index in [0.29, 0.717) is 0 Å². The summed E-state index contributed by atoms with van der Waals surface area (Å²) in [6.07, 6.45) is 0. The fourth-order valence-electron chi connectivity index (χ4n) is 1.05. The Bertz CT molecular complexity index is 329. The molecule has 1 atom stereocenters. The van der Waals surface area contributed by atoms with E-state index in [1.54, 1.807) is 18.3 Å². The molecule has 1 aliphatic heterocycles. The summed E-state index contributed by atoms with van der Waals surface area (Å²) in [7, 11) is 0. The van der Waals surface area contributed by atoms with Crippen LogP contribution in [0.3, 0.4) is 0 Å².